The van der Waals surface area contributed by atoms with Crippen molar-refractivity contribution in [2.75, 3.05) is 0 Å². The van der Waals surface area contributed by atoms with Gasteiger partial charge in [0.25, 0.3) is 0 Å². The van der Waals surface area contributed by atoms with Crippen LogP contribution in [0, 0.1) is 10.5 Å². The molecule has 0 aliphatic carbocycles. The first-order valence-electron chi connectivity index (χ1n) is 5.63. The van der Waals surface area contributed by atoms with E-state index in [0.717, 1.165) is 14.7 Å². The van der Waals surface area contributed by atoms with Crippen LogP contribution in [0.5, 0.6) is 0 Å². The van der Waals surface area contributed by atoms with E-state index in [0.29, 0.717) is 6.42 Å². The lowest BCUT2D eigenvalue weighted by atomic mass is 10.00. The molecule has 0 amide bonds. The van der Waals surface area contributed by atoms with Crippen LogP contribution >= 0.6 is 22.6 Å². The smallest absolute Gasteiger partial charge is 0.271 e. The van der Waals surface area contributed by atoms with E-state index in [1.807, 2.05) is 25.1 Å². The van der Waals surface area contributed by atoms with Crippen LogP contribution in [-0.2, 0) is 0 Å². The van der Waals surface area contributed by atoms with E-state index in [-0.39, 0.29) is 12.5 Å². The van der Waals surface area contributed by atoms with Crippen LogP contribution in [0.4, 0.5) is 13.2 Å². The molecular formula is C12H16F3IN2. The first-order valence-corrected chi connectivity index (χ1v) is 6.71. The molecule has 0 bridgehead atoms. The van der Waals surface area contributed by atoms with Crippen LogP contribution in [0.1, 0.15) is 36.4 Å². The lowest BCUT2D eigenvalue weighted by Crippen LogP contribution is -2.29. The largest absolute Gasteiger partial charge is 0.389 e. The van der Waals surface area contributed by atoms with Crippen LogP contribution in [0.25, 0.3) is 0 Å². The lowest BCUT2D eigenvalue weighted by molar-refractivity contribution is -0.135. The van der Waals surface area contributed by atoms with Crippen molar-refractivity contribution < 1.29 is 13.2 Å². The molecule has 3 N–H and O–H groups in total. The first-order chi connectivity index (χ1) is 8.35. The minimum atomic E-state index is -4.10. The Kier molecular flexibility index (Phi) is 5.87. The number of aryl methyl sites for hydroxylation is 1. The predicted molar refractivity (Wildman–Crippen MR) is 73.9 cm³/mol. The second-order valence-electron chi connectivity index (χ2n) is 4.20. The molecule has 0 spiro atoms. The van der Waals surface area contributed by atoms with Gasteiger partial charge in [0.05, 0.1) is 0 Å². The Bertz CT molecular complexity index is 393. The maximum Gasteiger partial charge on any atom is 0.389 e. The minimum absolute atomic E-state index is 0.0718. The SMILES string of the molecule is Cc1cccc(C(CCCC(F)(F)F)NN)c1I. The Morgan fingerprint density at radius 3 is 2.61 bits per heavy atom. The number of nitrogens with one attached hydrogen (secondary N) is 1. The molecule has 0 radical (unpaired) electrons. The van der Waals surface area contributed by atoms with Gasteiger partial charge in [-0.1, -0.05) is 18.2 Å². The van der Waals surface area contributed by atoms with E-state index < -0.39 is 12.6 Å². The molecule has 0 saturated carbocycles. The third-order valence-electron chi connectivity index (χ3n) is 2.75. The monoisotopic (exact) mass is 372 g/mol. The summed E-state index contributed by atoms with van der Waals surface area (Å²) in [5, 5.41) is 0. The summed E-state index contributed by atoms with van der Waals surface area (Å²) in [4.78, 5) is 0. The molecule has 0 fully saturated rings. The van der Waals surface area contributed by atoms with Crippen LogP contribution in [0.15, 0.2) is 18.2 Å². The summed E-state index contributed by atoms with van der Waals surface area (Å²) in [7, 11) is 0. The molecule has 18 heavy (non-hydrogen) atoms. The number of hydrazine groups is 1. The van der Waals surface area contributed by atoms with E-state index in [9.17, 15) is 13.2 Å². The maximum absolute atomic E-state index is 12.1. The Morgan fingerprint density at radius 2 is 2.06 bits per heavy atom. The van der Waals surface area contributed by atoms with Crippen LogP contribution in [0.3, 0.4) is 0 Å². The van der Waals surface area contributed by atoms with Crippen molar-refractivity contribution in [3.8, 4) is 0 Å². The highest BCUT2D eigenvalue weighted by molar-refractivity contribution is 14.1. The van der Waals surface area contributed by atoms with E-state index >= 15 is 0 Å². The van der Waals surface area contributed by atoms with Gasteiger partial charge >= 0.3 is 6.18 Å². The summed E-state index contributed by atoms with van der Waals surface area (Å²) < 4.78 is 37.4. The van der Waals surface area contributed by atoms with Crippen LogP contribution in [0.2, 0.25) is 0 Å². The fourth-order valence-electron chi connectivity index (χ4n) is 1.77. The maximum atomic E-state index is 12.1. The number of benzene rings is 1. The molecular weight excluding hydrogens is 356 g/mol. The van der Waals surface area contributed by atoms with Crippen molar-refractivity contribution in [1.29, 1.82) is 0 Å². The standard InChI is InChI=1S/C12H16F3IN2/c1-8-4-2-5-9(11(8)16)10(18-17)6-3-7-12(13,14)15/h2,4-5,10,18H,3,6-7,17H2,1H3. The van der Waals surface area contributed by atoms with Crippen molar-refractivity contribution in [2.24, 2.45) is 5.84 Å². The fourth-order valence-corrected chi connectivity index (χ4v) is 2.51. The van der Waals surface area contributed by atoms with Gasteiger partial charge in [0.1, 0.15) is 0 Å². The molecule has 102 valence electrons. The third kappa shape index (κ3) is 4.74. The van der Waals surface area contributed by atoms with Crippen molar-refractivity contribution in [3.05, 3.63) is 32.9 Å². The molecule has 1 unspecified atom stereocenters. The number of nitrogens with two attached hydrogens (primary N) is 1. The zero-order valence-electron chi connectivity index (χ0n) is 10.0. The fraction of sp³-hybridized carbons (Fsp3) is 0.500. The summed E-state index contributed by atoms with van der Waals surface area (Å²) in [6.07, 6.45) is -4.43. The van der Waals surface area contributed by atoms with Crippen LogP contribution in [-0.4, -0.2) is 6.18 Å². The third-order valence-corrected chi connectivity index (χ3v) is 4.22. The van der Waals surface area contributed by atoms with Gasteiger partial charge in [-0.3, -0.25) is 11.3 Å². The Labute approximate surface area is 118 Å². The molecule has 0 heterocycles. The second kappa shape index (κ2) is 6.72. The topological polar surface area (TPSA) is 38.0 Å². The summed E-state index contributed by atoms with van der Waals surface area (Å²) in [5.41, 5.74) is 4.66. The van der Waals surface area contributed by atoms with E-state index in [4.69, 9.17) is 5.84 Å². The van der Waals surface area contributed by atoms with Gasteiger partial charge in [0.2, 0.25) is 0 Å². The zero-order valence-corrected chi connectivity index (χ0v) is 12.2. The Hall–Kier alpha value is -0.340. The highest BCUT2D eigenvalue weighted by Crippen LogP contribution is 2.29. The molecule has 0 saturated heterocycles. The van der Waals surface area contributed by atoms with Gasteiger partial charge in [-0.2, -0.15) is 13.2 Å². The predicted octanol–water partition coefficient (Wildman–Crippen LogP) is 3.84. The normalized spacial score (nSPS) is 13.7. The van der Waals surface area contributed by atoms with Gasteiger partial charge in [-0.15, -0.1) is 0 Å². The van der Waals surface area contributed by atoms with Gasteiger partial charge < -0.3 is 0 Å². The van der Waals surface area contributed by atoms with Crippen molar-refractivity contribution in [1.82, 2.24) is 5.43 Å². The van der Waals surface area contributed by atoms with Gasteiger partial charge in [-0.25, -0.2) is 0 Å². The van der Waals surface area contributed by atoms with Crippen molar-refractivity contribution in [2.45, 2.75) is 38.4 Å². The van der Waals surface area contributed by atoms with Crippen LogP contribution < -0.4 is 11.3 Å². The molecule has 0 aliphatic heterocycles. The molecule has 6 heteroatoms. The number of hydrogen-bond acceptors (Lipinski definition) is 2. The van der Waals surface area contributed by atoms with Crippen molar-refractivity contribution in [3.63, 3.8) is 0 Å². The summed E-state index contributed by atoms with van der Waals surface area (Å²) in [6.45, 7) is 1.97. The van der Waals surface area contributed by atoms with Gasteiger partial charge in [0.15, 0.2) is 0 Å². The van der Waals surface area contributed by atoms with Gasteiger partial charge in [0, 0.05) is 16.0 Å². The number of rotatable bonds is 5. The molecule has 0 aromatic heterocycles. The highest BCUT2D eigenvalue weighted by atomic mass is 127. The van der Waals surface area contributed by atoms with E-state index in [2.05, 4.69) is 28.0 Å². The molecule has 2 nitrogen and oxygen atoms in total. The molecule has 1 rings (SSSR count). The number of alkyl halides is 3. The van der Waals surface area contributed by atoms with Gasteiger partial charge in [-0.05, 0) is 53.5 Å². The van der Waals surface area contributed by atoms with E-state index in [1.165, 1.54) is 0 Å². The number of halogens is 4. The summed E-state index contributed by atoms with van der Waals surface area (Å²) in [6, 6.07) is 5.52. The molecule has 1 atom stereocenters. The highest BCUT2D eigenvalue weighted by Gasteiger charge is 2.27. The van der Waals surface area contributed by atoms with E-state index in [1.54, 1.807) is 0 Å². The zero-order chi connectivity index (χ0) is 13.8. The lowest BCUT2D eigenvalue weighted by Gasteiger charge is -2.19. The first kappa shape index (κ1) is 15.7. The number of hydrogen-bond donors (Lipinski definition) is 2. The summed E-state index contributed by atoms with van der Waals surface area (Å²) >= 11 is 2.19. The Morgan fingerprint density at radius 1 is 1.39 bits per heavy atom. The molecule has 0 aliphatic rings. The quantitative estimate of drug-likeness (QED) is 0.468. The minimum Gasteiger partial charge on any atom is -0.271 e. The average molecular weight is 372 g/mol. The average Bonchev–Trinajstić information content (AvgIpc) is 2.27. The molecule has 1 aromatic rings. The second-order valence-corrected chi connectivity index (χ2v) is 5.28. The molecule has 1 aromatic carbocycles. The summed E-state index contributed by atoms with van der Waals surface area (Å²) in [5.74, 6) is 5.44. The van der Waals surface area contributed by atoms with Crippen molar-refractivity contribution >= 4 is 22.6 Å². The Balaban J connectivity index is 2.69.